The van der Waals surface area contributed by atoms with Crippen molar-refractivity contribution in [1.82, 2.24) is 5.32 Å². The molecule has 4 N–H and O–H groups in total. The normalized spacial score (nSPS) is 19.7. The zero-order valence-electron chi connectivity index (χ0n) is 19.8. The maximum Gasteiger partial charge on any atom is 0.296 e. The van der Waals surface area contributed by atoms with Gasteiger partial charge in [0, 0.05) is 46.5 Å². The number of carbonyl (C=O) groups is 1. The Morgan fingerprint density at radius 2 is 2.11 bits per heavy atom. The number of nitrogens with one attached hydrogen (secondary N) is 2. The summed E-state index contributed by atoms with van der Waals surface area (Å²) < 4.78 is 0.752. The summed E-state index contributed by atoms with van der Waals surface area (Å²) in [6, 6.07) is 16.5. The summed E-state index contributed by atoms with van der Waals surface area (Å²) in [7, 11) is 0. The molecule has 0 fully saturated rings. The Labute approximate surface area is 213 Å². The van der Waals surface area contributed by atoms with Gasteiger partial charge in [0.2, 0.25) is 0 Å². The Balaban J connectivity index is 1.64. The number of anilines is 1. The van der Waals surface area contributed by atoms with Gasteiger partial charge in [0.25, 0.3) is 5.69 Å². The topological polar surface area (TPSA) is 111 Å². The lowest BCUT2D eigenvalue weighted by Crippen LogP contribution is -2.34. The second kappa shape index (κ2) is 10.4. The largest absolute Gasteiger partial charge is 0.379 e. The molecular formula is C27H28BrN5O2+. The number of nitroso groups, excluding NO2 is 1. The van der Waals surface area contributed by atoms with Crippen molar-refractivity contribution in [3.63, 3.8) is 0 Å². The molecule has 0 spiro atoms. The van der Waals surface area contributed by atoms with Crippen LogP contribution in [-0.4, -0.2) is 10.7 Å². The SMILES string of the molecule is CCCC1CC(=O)C2=C(C1)NC(C)=C(C#N)C2c1c[c]c(NCc2ccccc2[N+](N)=O)c(Br)c1. The molecule has 35 heavy (non-hydrogen) atoms. The Bertz CT molecular complexity index is 1290. The van der Waals surface area contributed by atoms with Crippen molar-refractivity contribution < 1.29 is 9.66 Å². The highest BCUT2D eigenvalue weighted by Crippen LogP contribution is 2.44. The summed E-state index contributed by atoms with van der Waals surface area (Å²) in [4.78, 5) is 25.2. The summed E-state index contributed by atoms with van der Waals surface area (Å²) in [6.07, 6.45) is 3.40. The molecule has 1 aliphatic carbocycles. The highest BCUT2D eigenvalue weighted by Gasteiger charge is 2.38. The van der Waals surface area contributed by atoms with Crippen molar-refractivity contribution in [2.75, 3.05) is 5.32 Å². The molecule has 1 aliphatic heterocycles. The third-order valence-electron chi connectivity index (χ3n) is 6.66. The first kappa shape index (κ1) is 24.7. The van der Waals surface area contributed by atoms with Crippen molar-refractivity contribution in [3.8, 4) is 6.07 Å². The maximum atomic E-state index is 13.3. The lowest BCUT2D eigenvalue weighted by molar-refractivity contribution is -0.475. The van der Waals surface area contributed by atoms with Gasteiger partial charge in [-0.3, -0.25) is 4.79 Å². The Morgan fingerprint density at radius 1 is 1.34 bits per heavy atom. The van der Waals surface area contributed by atoms with Crippen LogP contribution < -0.4 is 16.5 Å². The van der Waals surface area contributed by atoms with Gasteiger partial charge in [-0.25, -0.2) is 0 Å². The van der Waals surface area contributed by atoms with Crippen LogP contribution in [-0.2, 0) is 11.3 Å². The zero-order valence-corrected chi connectivity index (χ0v) is 21.4. The third kappa shape index (κ3) is 5.01. The van der Waals surface area contributed by atoms with Crippen LogP contribution in [0.1, 0.15) is 56.6 Å². The fourth-order valence-corrected chi connectivity index (χ4v) is 5.58. The minimum Gasteiger partial charge on any atom is -0.379 e. The molecule has 2 aliphatic rings. The van der Waals surface area contributed by atoms with Crippen molar-refractivity contribution in [3.05, 3.63) is 85.5 Å². The number of ketones is 1. The summed E-state index contributed by atoms with van der Waals surface area (Å²) in [6.45, 7) is 4.41. The maximum absolute atomic E-state index is 13.3. The van der Waals surface area contributed by atoms with Gasteiger partial charge in [-0.2, -0.15) is 11.1 Å². The smallest absolute Gasteiger partial charge is 0.296 e. The van der Waals surface area contributed by atoms with Crippen molar-refractivity contribution in [2.24, 2.45) is 11.8 Å². The first-order valence-electron chi connectivity index (χ1n) is 11.7. The van der Waals surface area contributed by atoms with E-state index in [1.807, 2.05) is 31.2 Å². The molecule has 2 unspecified atom stereocenters. The van der Waals surface area contributed by atoms with Crippen LogP contribution in [0.5, 0.6) is 0 Å². The number of dihydropyridines is 1. The van der Waals surface area contributed by atoms with E-state index >= 15 is 0 Å². The number of hydrogen-bond donors (Lipinski definition) is 3. The molecule has 7 nitrogen and oxygen atoms in total. The minimum atomic E-state index is -0.417. The van der Waals surface area contributed by atoms with Crippen LogP contribution in [0.25, 0.3) is 0 Å². The average molecular weight is 534 g/mol. The molecule has 2 aromatic rings. The van der Waals surface area contributed by atoms with E-state index in [1.54, 1.807) is 12.1 Å². The predicted octanol–water partition coefficient (Wildman–Crippen LogP) is 5.66. The van der Waals surface area contributed by atoms with E-state index in [4.69, 9.17) is 5.84 Å². The average Bonchev–Trinajstić information content (AvgIpc) is 2.82. The van der Waals surface area contributed by atoms with Crippen LogP contribution >= 0.6 is 15.9 Å². The lowest BCUT2D eigenvalue weighted by atomic mass is 9.72. The molecule has 0 aromatic heterocycles. The number of rotatable bonds is 7. The quantitative estimate of drug-likeness (QED) is 0.240. The molecule has 2 atom stereocenters. The van der Waals surface area contributed by atoms with Crippen LogP contribution in [0.15, 0.2) is 63.4 Å². The second-order valence-corrected chi connectivity index (χ2v) is 9.91. The lowest BCUT2D eigenvalue weighted by Gasteiger charge is -2.35. The predicted molar refractivity (Wildman–Crippen MR) is 138 cm³/mol. The summed E-state index contributed by atoms with van der Waals surface area (Å²) in [5.41, 5.74) is 5.68. The minimum absolute atomic E-state index is 0.112. The van der Waals surface area contributed by atoms with E-state index in [0.717, 1.165) is 46.3 Å². The Hall–Kier alpha value is -3.44. The monoisotopic (exact) mass is 533 g/mol. The van der Waals surface area contributed by atoms with E-state index < -0.39 is 5.92 Å². The van der Waals surface area contributed by atoms with Crippen LogP contribution in [0.2, 0.25) is 0 Å². The van der Waals surface area contributed by atoms with Gasteiger partial charge in [-0.15, -0.1) is 0 Å². The molecule has 1 radical (unpaired) electrons. The van der Waals surface area contributed by atoms with E-state index in [0.29, 0.717) is 46.3 Å². The molecule has 2 aromatic carbocycles. The molecule has 0 saturated carbocycles. The second-order valence-electron chi connectivity index (χ2n) is 9.05. The number of nitriles is 1. The molecule has 179 valence electrons. The number of carbonyl (C=O) groups excluding carboxylic acids is 1. The molecule has 0 amide bonds. The molecule has 0 bridgehead atoms. The third-order valence-corrected chi connectivity index (χ3v) is 7.29. The van der Waals surface area contributed by atoms with E-state index in [1.165, 1.54) is 0 Å². The van der Waals surface area contributed by atoms with Crippen LogP contribution in [0.4, 0.5) is 11.4 Å². The first-order chi connectivity index (χ1) is 16.8. The highest BCUT2D eigenvalue weighted by molar-refractivity contribution is 9.10. The van der Waals surface area contributed by atoms with Gasteiger partial charge in [-0.05, 0) is 59.3 Å². The number of nitrogens with two attached hydrogens (primary N) is 1. The standard InChI is InChI=1S/C27H27BrN5O2/c1-3-6-17-11-23-27(25(34)12-17)26(20(14-29)16(2)32-23)18-9-10-22(21(28)13-18)31-15-19-7-4-5-8-24(19)33(30)35/h4-5,7-9,13,17,26,31H,3,6,11-12,15H2,1-2H3,(H2-,30,32,34,35)/p+1. The molecule has 1 heterocycles. The Kier molecular flexibility index (Phi) is 7.37. The van der Waals surface area contributed by atoms with Gasteiger partial charge in [0.15, 0.2) is 10.7 Å². The number of Topliss-reactive ketones (excluding diaryl/α,β-unsaturated/α-hetero) is 1. The zero-order chi connectivity index (χ0) is 25.1. The fourth-order valence-electron chi connectivity index (χ4n) is 5.06. The van der Waals surface area contributed by atoms with Gasteiger partial charge in [0.1, 0.15) is 0 Å². The number of allylic oxidation sites excluding steroid dienone is 4. The summed E-state index contributed by atoms with van der Waals surface area (Å²) >= 11 is 3.62. The first-order valence-corrected chi connectivity index (χ1v) is 12.5. The number of nitrogens with zero attached hydrogens (tertiary/aromatic N) is 2. The number of hydrogen-bond acceptors (Lipinski definition) is 5. The van der Waals surface area contributed by atoms with Gasteiger partial charge >= 0.3 is 0 Å². The van der Waals surface area contributed by atoms with Crippen LogP contribution in [0.3, 0.4) is 0 Å². The number of para-hydroxylation sites is 1. The van der Waals surface area contributed by atoms with Gasteiger partial charge in [0.05, 0.1) is 33.7 Å². The van der Waals surface area contributed by atoms with Crippen molar-refractivity contribution in [2.45, 2.75) is 52.0 Å². The van der Waals surface area contributed by atoms with Crippen LogP contribution in [0, 0.1) is 28.2 Å². The molecule has 4 rings (SSSR count). The molecular weight excluding hydrogens is 506 g/mol. The highest BCUT2D eigenvalue weighted by atomic mass is 79.9. The van der Waals surface area contributed by atoms with Crippen molar-refractivity contribution in [1.29, 1.82) is 5.26 Å². The summed E-state index contributed by atoms with van der Waals surface area (Å²) in [5, 5.41) is 16.6. The van der Waals surface area contributed by atoms with Gasteiger partial charge < -0.3 is 10.6 Å². The molecule has 8 heteroatoms. The number of hydrazine groups is 1. The fraction of sp³-hybridized carbons (Fsp3) is 0.333. The number of benzene rings is 2. The van der Waals surface area contributed by atoms with E-state index in [2.05, 4.69) is 45.6 Å². The Morgan fingerprint density at radius 3 is 2.80 bits per heavy atom. The van der Waals surface area contributed by atoms with Crippen molar-refractivity contribution >= 4 is 33.1 Å². The van der Waals surface area contributed by atoms with E-state index in [-0.39, 0.29) is 5.78 Å². The molecule has 0 saturated heterocycles. The van der Waals surface area contributed by atoms with Gasteiger partial charge in [-0.1, -0.05) is 31.5 Å². The summed E-state index contributed by atoms with van der Waals surface area (Å²) in [5.74, 6) is 5.44. The van der Waals surface area contributed by atoms with E-state index in [9.17, 15) is 15.0 Å². The number of halogens is 1.